The Morgan fingerprint density at radius 2 is 1.62 bits per heavy atom. The molecule has 3 aromatic rings. The number of benzene rings is 3. The third-order valence-electron chi connectivity index (χ3n) is 3.90. The SMILES string of the molecule is NNC(=O)/C(=C/c1c(O)ccc2ccccc12)NC(=O)c1ccccc1. The van der Waals surface area contributed by atoms with Crippen molar-refractivity contribution < 1.29 is 14.7 Å². The molecule has 0 aliphatic carbocycles. The highest BCUT2D eigenvalue weighted by atomic mass is 16.3. The summed E-state index contributed by atoms with van der Waals surface area (Å²) in [6.45, 7) is 0. The van der Waals surface area contributed by atoms with Crippen LogP contribution in [-0.2, 0) is 4.79 Å². The number of hydrogen-bond donors (Lipinski definition) is 4. The molecule has 0 aromatic heterocycles. The fourth-order valence-corrected chi connectivity index (χ4v) is 2.60. The molecule has 0 unspecified atom stereocenters. The van der Waals surface area contributed by atoms with Gasteiger partial charge < -0.3 is 10.4 Å². The summed E-state index contributed by atoms with van der Waals surface area (Å²) in [5.41, 5.74) is 2.74. The van der Waals surface area contributed by atoms with Crippen LogP contribution in [0.4, 0.5) is 0 Å². The smallest absolute Gasteiger partial charge is 0.281 e. The zero-order valence-electron chi connectivity index (χ0n) is 13.8. The molecule has 6 heteroatoms. The van der Waals surface area contributed by atoms with E-state index in [0.29, 0.717) is 11.1 Å². The molecule has 0 radical (unpaired) electrons. The van der Waals surface area contributed by atoms with Crippen LogP contribution >= 0.6 is 0 Å². The first-order valence-electron chi connectivity index (χ1n) is 7.90. The largest absolute Gasteiger partial charge is 0.507 e. The van der Waals surface area contributed by atoms with Crippen molar-refractivity contribution in [1.82, 2.24) is 10.7 Å². The van der Waals surface area contributed by atoms with Crippen molar-refractivity contribution in [3.8, 4) is 5.75 Å². The van der Waals surface area contributed by atoms with Crippen molar-refractivity contribution in [2.24, 2.45) is 5.84 Å². The molecule has 0 saturated carbocycles. The summed E-state index contributed by atoms with van der Waals surface area (Å²) in [7, 11) is 0. The lowest BCUT2D eigenvalue weighted by molar-refractivity contribution is -0.117. The first kappa shape index (κ1) is 17.2. The number of carbonyl (C=O) groups is 2. The monoisotopic (exact) mass is 347 g/mol. The second-order valence-corrected chi connectivity index (χ2v) is 5.57. The van der Waals surface area contributed by atoms with Crippen LogP contribution in [0.3, 0.4) is 0 Å². The van der Waals surface area contributed by atoms with Gasteiger partial charge in [0.2, 0.25) is 0 Å². The van der Waals surface area contributed by atoms with Gasteiger partial charge in [-0.1, -0.05) is 48.5 Å². The molecule has 0 aliphatic rings. The fourth-order valence-electron chi connectivity index (χ4n) is 2.60. The molecule has 130 valence electrons. The van der Waals surface area contributed by atoms with Crippen LogP contribution in [0.1, 0.15) is 15.9 Å². The maximum Gasteiger partial charge on any atom is 0.281 e. The van der Waals surface area contributed by atoms with Gasteiger partial charge >= 0.3 is 0 Å². The van der Waals surface area contributed by atoms with Crippen molar-refractivity contribution in [3.63, 3.8) is 0 Å². The predicted molar refractivity (Wildman–Crippen MR) is 99.8 cm³/mol. The summed E-state index contributed by atoms with van der Waals surface area (Å²) in [5.74, 6) is 4.09. The molecule has 0 aliphatic heterocycles. The molecule has 3 aromatic carbocycles. The van der Waals surface area contributed by atoms with Gasteiger partial charge in [-0.3, -0.25) is 15.0 Å². The third kappa shape index (κ3) is 3.55. The van der Waals surface area contributed by atoms with Crippen LogP contribution < -0.4 is 16.6 Å². The van der Waals surface area contributed by atoms with E-state index in [0.717, 1.165) is 10.8 Å². The van der Waals surface area contributed by atoms with Crippen LogP contribution in [0.5, 0.6) is 5.75 Å². The number of nitrogens with one attached hydrogen (secondary N) is 2. The zero-order chi connectivity index (χ0) is 18.5. The number of carbonyl (C=O) groups excluding carboxylic acids is 2. The average molecular weight is 347 g/mol. The molecule has 26 heavy (non-hydrogen) atoms. The van der Waals surface area contributed by atoms with E-state index in [9.17, 15) is 14.7 Å². The summed E-state index contributed by atoms with van der Waals surface area (Å²) >= 11 is 0. The molecule has 2 amide bonds. The van der Waals surface area contributed by atoms with Crippen molar-refractivity contribution in [2.75, 3.05) is 0 Å². The number of rotatable bonds is 4. The minimum atomic E-state index is -0.679. The highest BCUT2D eigenvalue weighted by molar-refractivity contribution is 6.07. The van der Waals surface area contributed by atoms with Crippen molar-refractivity contribution in [2.45, 2.75) is 0 Å². The lowest BCUT2D eigenvalue weighted by Crippen LogP contribution is -2.38. The van der Waals surface area contributed by atoms with E-state index in [4.69, 9.17) is 5.84 Å². The molecular weight excluding hydrogens is 330 g/mol. The molecular formula is C20H17N3O3. The molecule has 5 N–H and O–H groups in total. The normalized spacial score (nSPS) is 11.2. The molecule has 0 saturated heterocycles. The van der Waals surface area contributed by atoms with Gasteiger partial charge in [0.15, 0.2) is 0 Å². The van der Waals surface area contributed by atoms with Gasteiger partial charge in [-0.2, -0.15) is 0 Å². The van der Waals surface area contributed by atoms with E-state index in [1.807, 2.05) is 29.7 Å². The minimum Gasteiger partial charge on any atom is -0.507 e. The lowest BCUT2D eigenvalue weighted by Gasteiger charge is -2.11. The topological polar surface area (TPSA) is 104 Å². The Balaban J connectivity index is 2.05. The highest BCUT2D eigenvalue weighted by Crippen LogP contribution is 2.29. The molecule has 3 rings (SSSR count). The summed E-state index contributed by atoms with van der Waals surface area (Å²) in [6, 6.07) is 19.2. The van der Waals surface area contributed by atoms with E-state index in [2.05, 4.69) is 5.32 Å². The Hall–Kier alpha value is -3.64. The Morgan fingerprint density at radius 1 is 0.923 bits per heavy atom. The highest BCUT2D eigenvalue weighted by Gasteiger charge is 2.15. The second kappa shape index (κ2) is 7.50. The van der Waals surface area contributed by atoms with Crippen LogP contribution in [0.2, 0.25) is 0 Å². The van der Waals surface area contributed by atoms with E-state index in [-0.39, 0.29) is 11.4 Å². The van der Waals surface area contributed by atoms with Gasteiger partial charge in [0.1, 0.15) is 11.4 Å². The van der Waals surface area contributed by atoms with Crippen LogP contribution in [0.15, 0.2) is 72.4 Å². The lowest BCUT2D eigenvalue weighted by atomic mass is 10.0. The van der Waals surface area contributed by atoms with E-state index in [1.165, 1.54) is 12.1 Å². The number of hydrazine groups is 1. The van der Waals surface area contributed by atoms with E-state index in [1.54, 1.807) is 36.4 Å². The maximum atomic E-state index is 12.4. The van der Waals surface area contributed by atoms with Crippen molar-refractivity contribution in [1.29, 1.82) is 0 Å². The predicted octanol–water partition coefficient (Wildman–Crippen LogP) is 2.31. The summed E-state index contributed by atoms with van der Waals surface area (Å²) in [5, 5.41) is 14.4. The number of phenolic OH excluding ortho intramolecular Hbond substituents is 1. The molecule has 0 atom stereocenters. The fraction of sp³-hybridized carbons (Fsp3) is 0. The maximum absolute atomic E-state index is 12.4. The number of aromatic hydroxyl groups is 1. The Morgan fingerprint density at radius 3 is 2.35 bits per heavy atom. The number of hydrogen-bond acceptors (Lipinski definition) is 4. The third-order valence-corrected chi connectivity index (χ3v) is 3.90. The van der Waals surface area contributed by atoms with Gasteiger partial charge in [-0.15, -0.1) is 0 Å². The quantitative estimate of drug-likeness (QED) is 0.252. The first-order chi connectivity index (χ1) is 12.6. The summed E-state index contributed by atoms with van der Waals surface area (Å²) < 4.78 is 0. The first-order valence-corrected chi connectivity index (χ1v) is 7.90. The minimum absolute atomic E-state index is 0.0139. The van der Waals surface area contributed by atoms with Gasteiger partial charge in [0, 0.05) is 11.1 Å². The standard InChI is InChI=1S/C20H17N3O3/c21-23-20(26)17(22-19(25)14-7-2-1-3-8-14)12-16-15-9-5-4-6-13(15)10-11-18(16)24/h1-12,24H,21H2,(H,22,25)(H,23,26)/b17-12-. The Bertz CT molecular complexity index is 998. The van der Waals surface area contributed by atoms with E-state index >= 15 is 0 Å². The zero-order valence-corrected chi connectivity index (χ0v) is 13.8. The molecule has 0 fully saturated rings. The van der Waals surface area contributed by atoms with Crippen LogP contribution in [-0.4, -0.2) is 16.9 Å². The molecule has 0 heterocycles. The van der Waals surface area contributed by atoms with Crippen LogP contribution in [0, 0.1) is 0 Å². The van der Waals surface area contributed by atoms with Crippen molar-refractivity contribution >= 4 is 28.7 Å². The average Bonchev–Trinajstić information content (AvgIpc) is 2.69. The number of fused-ring (bicyclic) bond motifs is 1. The summed E-state index contributed by atoms with van der Waals surface area (Å²) in [6.07, 6.45) is 1.40. The molecule has 0 spiro atoms. The number of amides is 2. The molecule has 6 nitrogen and oxygen atoms in total. The number of nitrogens with two attached hydrogens (primary N) is 1. The van der Waals surface area contributed by atoms with Crippen molar-refractivity contribution in [3.05, 3.63) is 83.6 Å². The van der Waals surface area contributed by atoms with Gasteiger partial charge in [0.25, 0.3) is 11.8 Å². The number of phenols is 1. The van der Waals surface area contributed by atoms with Crippen LogP contribution in [0.25, 0.3) is 16.8 Å². The van der Waals surface area contributed by atoms with Gasteiger partial charge in [0.05, 0.1) is 0 Å². The second-order valence-electron chi connectivity index (χ2n) is 5.57. The summed E-state index contributed by atoms with van der Waals surface area (Å²) in [4.78, 5) is 24.5. The Kier molecular flexibility index (Phi) is 4.96. The molecule has 0 bridgehead atoms. The van der Waals surface area contributed by atoms with Gasteiger partial charge in [-0.25, -0.2) is 5.84 Å². The Labute approximate surface area is 149 Å². The van der Waals surface area contributed by atoms with Gasteiger partial charge in [-0.05, 0) is 35.0 Å². The van der Waals surface area contributed by atoms with E-state index < -0.39 is 11.8 Å².